The molecule has 0 aliphatic carbocycles. The van der Waals surface area contributed by atoms with Crippen LogP contribution in [0.1, 0.15) is 46.5 Å². The Morgan fingerprint density at radius 1 is 1.37 bits per heavy atom. The minimum atomic E-state index is 0.434. The molecule has 1 heterocycles. The summed E-state index contributed by atoms with van der Waals surface area (Å²) in [6, 6.07) is 0. The largest absolute Gasteiger partial charge is 0.382 e. The number of ether oxygens (including phenoxy) is 1. The molecule has 0 saturated carbocycles. The van der Waals surface area contributed by atoms with Crippen molar-refractivity contribution in [3.05, 3.63) is 0 Å². The molecular formula is C14H30N4O. The van der Waals surface area contributed by atoms with Crippen LogP contribution < -0.4 is 11.3 Å². The number of hydrogen-bond donors (Lipinski definition) is 2. The Morgan fingerprint density at radius 2 is 2.16 bits per heavy atom. The van der Waals surface area contributed by atoms with Crippen molar-refractivity contribution in [1.82, 2.24) is 10.3 Å². The SMILES string of the molecule is CCOCCCN=C(NN)N1CCCC(C)(C)CC1. The molecule has 19 heavy (non-hydrogen) atoms. The lowest BCUT2D eigenvalue weighted by molar-refractivity contribution is 0.146. The summed E-state index contributed by atoms with van der Waals surface area (Å²) in [5.41, 5.74) is 3.19. The van der Waals surface area contributed by atoms with E-state index in [0.29, 0.717) is 5.41 Å². The molecule has 1 aliphatic heterocycles. The fourth-order valence-electron chi connectivity index (χ4n) is 2.37. The van der Waals surface area contributed by atoms with Crippen molar-refractivity contribution in [2.45, 2.75) is 46.5 Å². The van der Waals surface area contributed by atoms with Crippen molar-refractivity contribution in [2.75, 3.05) is 32.8 Å². The molecule has 0 spiro atoms. The Morgan fingerprint density at radius 3 is 2.84 bits per heavy atom. The third-order valence-corrected chi connectivity index (χ3v) is 3.68. The summed E-state index contributed by atoms with van der Waals surface area (Å²) < 4.78 is 5.31. The predicted molar refractivity (Wildman–Crippen MR) is 79.9 cm³/mol. The van der Waals surface area contributed by atoms with Crippen LogP contribution in [0, 0.1) is 5.41 Å². The molecule has 5 heteroatoms. The molecule has 1 aliphatic rings. The summed E-state index contributed by atoms with van der Waals surface area (Å²) in [6.07, 6.45) is 4.60. The van der Waals surface area contributed by atoms with Crippen LogP contribution in [0.25, 0.3) is 0 Å². The fourth-order valence-corrected chi connectivity index (χ4v) is 2.37. The second-order valence-corrected chi connectivity index (χ2v) is 5.90. The second kappa shape index (κ2) is 8.38. The van der Waals surface area contributed by atoms with E-state index in [9.17, 15) is 0 Å². The minimum absolute atomic E-state index is 0.434. The number of aliphatic imine (C=N–C) groups is 1. The van der Waals surface area contributed by atoms with Gasteiger partial charge in [-0.15, -0.1) is 0 Å². The van der Waals surface area contributed by atoms with Crippen LogP contribution in [0.2, 0.25) is 0 Å². The average Bonchev–Trinajstić information content (AvgIpc) is 2.55. The lowest BCUT2D eigenvalue weighted by Crippen LogP contribution is -2.45. The van der Waals surface area contributed by atoms with Crippen LogP contribution in [-0.4, -0.2) is 43.7 Å². The van der Waals surface area contributed by atoms with Gasteiger partial charge in [-0.05, 0) is 38.0 Å². The number of guanidine groups is 1. The van der Waals surface area contributed by atoms with Crippen molar-refractivity contribution >= 4 is 5.96 Å². The molecule has 112 valence electrons. The average molecular weight is 270 g/mol. The Hall–Kier alpha value is -0.810. The van der Waals surface area contributed by atoms with Crippen LogP contribution in [0.15, 0.2) is 4.99 Å². The Labute approximate surface area is 117 Å². The quantitative estimate of drug-likeness (QED) is 0.263. The molecule has 0 aromatic carbocycles. The monoisotopic (exact) mass is 270 g/mol. The lowest BCUT2D eigenvalue weighted by Gasteiger charge is -2.25. The topological polar surface area (TPSA) is 62.9 Å². The summed E-state index contributed by atoms with van der Waals surface area (Å²) in [7, 11) is 0. The molecule has 0 atom stereocenters. The number of rotatable bonds is 5. The molecule has 0 unspecified atom stereocenters. The summed E-state index contributed by atoms with van der Waals surface area (Å²) in [5, 5.41) is 0. The van der Waals surface area contributed by atoms with E-state index in [2.05, 4.69) is 29.2 Å². The standard InChI is InChI=1S/C14H30N4O/c1-4-19-12-6-9-16-13(17-15)18-10-5-7-14(2,3)8-11-18/h4-12,15H2,1-3H3,(H,16,17). The molecule has 1 saturated heterocycles. The summed E-state index contributed by atoms with van der Waals surface area (Å²) in [5.74, 6) is 6.44. The zero-order chi connectivity index (χ0) is 14.1. The maximum absolute atomic E-state index is 5.61. The second-order valence-electron chi connectivity index (χ2n) is 5.90. The molecule has 1 fully saturated rings. The Bertz CT molecular complexity index is 279. The van der Waals surface area contributed by atoms with Gasteiger partial charge in [-0.3, -0.25) is 10.4 Å². The van der Waals surface area contributed by atoms with E-state index in [-0.39, 0.29) is 0 Å². The van der Waals surface area contributed by atoms with Gasteiger partial charge in [0.25, 0.3) is 0 Å². The van der Waals surface area contributed by atoms with Crippen molar-refractivity contribution in [2.24, 2.45) is 16.3 Å². The molecule has 5 nitrogen and oxygen atoms in total. The van der Waals surface area contributed by atoms with Gasteiger partial charge in [-0.2, -0.15) is 0 Å². The van der Waals surface area contributed by atoms with E-state index in [0.717, 1.165) is 45.2 Å². The highest BCUT2D eigenvalue weighted by molar-refractivity contribution is 5.79. The van der Waals surface area contributed by atoms with Gasteiger partial charge in [0.2, 0.25) is 5.96 Å². The zero-order valence-corrected chi connectivity index (χ0v) is 12.7. The number of nitrogens with zero attached hydrogens (tertiary/aromatic N) is 2. The minimum Gasteiger partial charge on any atom is -0.382 e. The van der Waals surface area contributed by atoms with Crippen LogP contribution >= 0.6 is 0 Å². The lowest BCUT2D eigenvalue weighted by atomic mass is 9.85. The highest BCUT2D eigenvalue weighted by Gasteiger charge is 2.24. The van der Waals surface area contributed by atoms with Gasteiger partial charge in [0, 0.05) is 32.8 Å². The van der Waals surface area contributed by atoms with Crippen molar-refractivity contribution in [1.29, 1.82) is 0 Å². The van der Waals surface area contributed by atoms with Gasteiger partial charge in [-0.1, -0.05) is 13.8 Å². The first-order chi connectivity index (χ1) is 9.09. The van der Waals surface area contributed by atoms with Gasteiger partial charge >= 0.3 is 0 Å². The van der Waals surface area contributed by atoms with Gasteiger partial charge in [0.15, 0.2) is 0 Å². The first kappa shape index (κ1) is 16.2. The number of likely N-dealkylation sites (tertiary alicyclic amines) is 1. The molecule has 0 aromatic rings. The van der Waals surface area contributed by atoms with E-state index in [1.807, 2.05) is 6.92 Å². The number of hydrazine groups is 1. The van der Waals surface area contributed by atoms with Crippen molar-refractivity contribution in [3.8, 4) is 0 Å². The summed E-state index contributed by atoms with van der Waals surface area (Å²) in [4.78, 5) is 6.83. The van der Waals surface area contributed by atoms with E-state index < -0.39 is 0 Å². The number of nitrogens with two attached hydrogens (primary N) is 1. The van der Waals surface area contributed by atoms with Crippen LogP contribution in [-0.2, 0) is 4.74 Å². The van der Waals surface area contributed by atoms with Crippen molar-refractivity contribution < 1.29 is 4.74 Å². The van der Waals surface area contributed by atoms with Gasteiger partial charge in [-0.25, -0.2) is 5.84 Å². The molecule has 1 rings (SSSR count). The molecule has 0 radical (unpaired) electrons. The molecular weight excluding hydrogens is 240 g/mol. The number of nitrogens with one attached hydrogen (secondary N) is 1. The van der Waals surface area contributed by atoms with Gasteiger partial charge in [0.1, 0.15) is 0 Å². The molecule has 3 N–H and O–H groups in total. The third kappa shape index (κ3) is 6.25. The summed E-state index contributed by atoms with van der Waals surface area (Å²) in [6.45, 7) is 11.1. The predicted octanol–water partition coefficient (Wildman–Crippen LogP) is 1.74. The Kier molecular flexibility index (Phi) is 7.16. The highest BCUT2D eigenvalue weighted by atomic mass is 16.5. The maximum atomic E-state index is 5.61. The highest BCUT2D eigenvalue weighted by Crippen LogP contribution is 2.29. The van der Waals surface area contributed by atoms with Crippen LogP contribution in [0.3, 0.4) is 0 Å². The van der Waals surface area contributed by atoms with E-state index >= 15 is 0 Å². The first-order valence-electron chi connectivity index (χ1n) is 7.43. The smallest absolute Gasteiger partial charge is 0.208 e. The number of hydrogen-bond acceptors (Lipinski definition) is 3. The van der Waals surface area contributed by atoms with Crippen LogP contribution in [0.5, 0.6) is 0 Å². The third-order valence-electron chi connectivity index (χ3n) is 3.68. The summed E-state index contributed by atoms with van der Waals surface area (Å²) >= 11 is 0. The Balaban J connectivity index is 2.42. The molecule has 0 amide bonds. The normalized spacial score (nSPS) is 20.2. The fraction of sp³-hybridized carbons (Fsp3) is 0.929. The van der Waals surface area contributed by atoms with E-state index in [1.54, 1.807) is 0 Å². The van der Waals surface area contributed by atoms with Gasteiger partial charge < -0.3 is 9.64 Å². The van der Waals surface area contributed by atoms with E-state index in [1.165, 1.54) is 19.3 Å². The van der Waals surface area contributed by atoms with Crippen molar-refractivity contribution in [3.63, 3.8) is 0 Å². The van der Waals surface area contributed by atoms with Crippen LogP contribution in [0.4, 0.5) is 0 Å². The molecule has 0 bridgehead atoms. The maximum Gasteiger partial charge on any atom is 0.208 e. The zero-order valence-electron chi connectivity index (χ0n) is 12.7. The van der Waals surface area contributed by atoms with E-state index in [4.69, 9.17) is 10.6 Å². The van der Waals surface area contributed by atoms with Gasteiger partial charge in [0.05, 0.1) is 0 Å². The first-order valence-corrected chi connectivity index (χ1v) is 7.43. The molecule has 0 aromatic heterocycles.